The molecule has 0 saturated heterocycles. The third kappa shape index (κ3) is 2.44. The number of nitrogen functional groups attached to an aromatic ring is 1. The van der Waals surface area contributed by atoms with Crippen LogP contribution in [0.4, 0.5) is 5.13 Å². The number of nitrogens with two attached hydrogens (primary N) is 1. The van der Waals surface area contributed by atoms with Gasteiger partial charge in [0.25, 0.3) is 5.91 Å². The Morgan fingerprint density at radius 3 is 3.00 bits per heavy atom. The largest absolute Gasteiger partial charge is 0.395 e. The number of aromatic nitrogens is 1. The minimum absolute atomic E-state index is 0.0324. The Hall–Kier alpha value is -1.66. The lowest BCUT2D eigenvalue weighted by Gasteiger charge is -2.19. The molecule has 0 aliphatic heterocycles. The summed E-state index contributed by atoms with van der Waals surface area (Å²) in [5, 5.41) is 9.42. The maximum absolute atomic E-state index is 12.2. The fraction of sp³-hybridized carbons (Fsp3) is 0.333. The van der Waals surface area contributed by atoms with Gasteiger partial charge in [-0.3, -0.25) is 4.79 Å². The minimum atomic E-state index is -0.0829. The molecule has 0 bridgehead atoms. The molecule has 0 spiro atoms. The van der Waals surface area contributed by atoms with Crippen molar-refractivity contribution in [3.05, 3.63) is 23.8 Å². The standard InChI is InChI=1S/C12H15N3O2S/c1-2-15(5-6-16)11(17)8-3-4-9-10(7-8)18-12(13)14-9/h3-4,7,16H,2,5-6H2,1H3,(H2,13,14). The number of hydrogen-bond donors (Lipinski definition) is 2. The summed E-state index contributed by atoms with van der Waals surface area (Å²) in [7, 11) is 0. The van der Waals surface area contributed by atoms with Crippen LogP contribution in [0, 0.1) is 0 Å². The SMILES string of the molecule is CCN(CCO)C(=O)c1ccc2nc(N)sc2c1. The van der Waals surface area contributed by atoms with Crippen LogP contribution in [0.15, 0.2) is 18.2 Å². The Labute approximate surface area is 109 Å². The lowest BCUT2D eigenvalue weighted by atomic mass is 10.2. The van der Waals surface area contributed by atoms with Crippen LogP contribution >= 0.6 is 11.3 Å². The van der Waals surface area contributed by atoms with E-state index in [0.717, 1.165) is 10.2 Å². The summed E-state index contributed by atoms with van der Waals surface area (Å²) in [6, 6.07) is 5.33. The van der Waals surface area contributed by atoms with Gasteiger partial charge in [0.2, 0.25) is 0 Å². The zero-order valence-electron chi connectivity index (χ0n) is 10.1. The normalized spacial score (nSPS) is 10.8. The fourth-order valence-electron chi connectivity index (χ4n) is 1.78. The highest BCUT2D eigenvalue weighted by Crippen LogP contribution is 2.25. The van der Waals surface area contributed by atoms with Gasteiger partial charge in [-0.2, -0.15) is 0 Å². The first-order chi connectivity index (χ1) is 8.65. The second-order valence-corrected chi connectivity index (χ2v) is 4.91. The number of rotatable bonds is 4. The maximum atomic E-state index is 12.2. The third-order valence-electron chi connectivity index (χ3n) is 2.69. The average molecular weight is 265 g/mol. The molecular formula is C12H15N3O2S. The van der Waals surface area contributed by atoms with Crippen molar-refractivity contribution < 1.29 is 9.90 Å². The van der Waals surface area contributed by atoms with E-state index < -0.39 is 0 Å². The first-order valence-electron chi connectivity index (χ1n) is 5.72. The molecule has 1 aromatic heterocycles. The van der Waals surface area contributed by atoms with E-state index in [1.54, 1.807) is 23.1 Å². The molecule has 0 unspecified atom stereocenters. The van der Waals surface area contributed by atoms with Crippen LogP contribution in [-0.2, 0) is 0 Å². The number of anilines is 1. The van der Waals surface area contributed by atoms with E-state index >= 15 is 0 Å². The summed E-state index contributed by atoms with van der Waals surface area (Å²) < 4.78 is 0.901. The molecule has 18 heavy (non-hydrogen) atoms. The summed E-state index contributed by atoms with van der Waals surface area (Å²) in [6.07, 6.45) is 0. The predicted octanol–water partition coefficient (Wildman–Crippen LogP) is 1.33. The van der Waals surface area contributed by atoms with Gasteiger partial charge in [-0.25, -0.2) is 4.98 Å². The van der Waals surface area contributed by atoms with Crippen LogP contribution in [0.1, 0.15) is 17.3 Å². The van der Waals surface area contributed by atoms with Crippen LogP contribution in [0.2, 0.25) is 0 Å². The zero-order chi connectivity index (χ0) is 13.1. The fourth-order valence-corrected chi connectivity index (χ4v) is 2.56. The van der Waals surface area contributed by atoms with Crippen molar-refractivity contribution in [1.82, 2.24) is 9.88 Å². The molecule has 2 aromatic rings. The van der Waals surface area contributed by atoms with Crippen molar-refractivity contribution in [2.45, 2.75) is 6.92 Å². The molecule has 1 amide bonds. The van der Waals surface area contributed by atoms with Gasteiger partial charge >= 0.3 is 0 Å². The molecule has 0 atom stereocenters. The maximum Gasteiger partial charge on any atom is 0.253 e. The molecule has 0 aliphatic carbocycles. The number of nitrogens with zero attached hydrogens (tertiary/aromatic N) is 2. The molecule has 6 heteroatoms. The second-order valence-electron chi connectivity index (χ2n) is 3.84. The van der Waals surface area contributed by atoms with Crippen molar-refractivity contribution in [2.75, 3.05) is 25.4 Å². The van der Waals surface area contributed by atoms with Gasteiger partial charge in [-0.15, -0.1) is 0 Å². The third-order valence-corrected chi connectivity index (χ3v) is 3.54. The quantitative estimate of drug-likeness (QED) is 0.874. The lowest BCUT2D eigenvalue weighted by molar-refractivity contribution is 0.0732. The van der Waals surface area contributed by atoms with Gasteiger partial charge in [-0.05, 0) is 25.1 Å². The summed E-state index contributed by atoms with van der Waals surface area (Å²) in [4.78, 5) is 17.9. The number of aliphatic hydroxyl groups excluding tert-OH is 1. The highest BCUT2D eigenvalue weighted by molar-refractivity contribution is 7.22. The summed E-state index contributed by atoms with van der Waals surface area (Å²) in [6.45, 7) is 2.77. The number of carbonyl (C=O) groups is 1. The molecule has 0 saturated carbocycles. The van der Waals surface area contributed by atoms with E-state index in [2.05, 4.69) is 4.98 Å². The molecule has 0 radical (unpaired) electrons. The molecule has 5 nitrogen and oxygen atoms in total. The number of carbonyl (C=O) groups excluding carboxylic acids is 1. The van der Waals surface area contributed by atoms with Gasteiger partial charge in [0.1, 0.15) is 0 Å². The Balaban J connectivity index is 2.32. The van der Waals surface area contributed by atoms with E-state index in [4.69, 9.17) is 10.8 Å². The van der Waals surface area contributed by atoms with E-state index in [1.807, 2.05) is 6.92 Å². The van der Waals surface area contributed by atoms with Crippen molar-refractivity contribution in [3.8, 4) is 0 Å². The monoisotopic (exact) mass is 265 g/mol. The molecule has 96 valence electrons. The van der Waals surface area contributed by atoms with Gasteiger partial charge in [0.05, 0.1) is 16.8 Å². The highest BCUT2D eigenvalue weighted by Gasteiger charge is 2.14. The van der Waals surface area contributed by atoms with E-state index in [9.17, 15) is 4.79 Å². The van der Waals surface area contributed by atoms with E-state index in [1.165, 1.54) is 11.3 Å². The van der Waals surface area contributed by atoms with E-state index in [-0.39, 0.29) is 12.5 Å². The van der Waals surface area contributed by atoms with Crippen LogP contribution in [0.5, 0.6) is 0 Å². The lowest BCUT2D eigenvalue weighted by Crippen LogP contribution is -2.33. The molecule has 1 heterocycles. The topological polar surface area (TPSA) is 79.5 Å². The summed E-state index contributed by atoms with van der Waals surface area (Å²) in [5.74, 6) is -0.0829. The summed E-state index contributed by atoms with van der Waals surface area (Å²) >= 11 is 1.36. The molecule has 3 N–H and O–H groups in total. The predicted molar refractivity (Wildman–Crippen MR) is 72.7 cm³/mol. The average Bonchev–Trinajstić information content (AvgIpc) is 2.74. The van der Waals surface area contributed by atoms with Crippen LogP contribution in [-0.4, -0.2) is 40.6 Å². The van der Waals surface area contributed by atoms with Crippen LogP contribution < -0.4 is 5.73 Å². The number of amides is 1. The van der Waals surface area contributed by atoms with Crippen molar-refractivity contribution >= 4 is 32.6 Å². The number of aliphatic hydroxyl groups is 1. The number of hydrogen-bond acceptors (Lipinski definition) is 5. The van der Waals surface area contributed by atoms with Crippen molar-refractivity contribution in [1.29, 1.82) is 0 Å². The number of fused-ring (bicyclic) bond motifs is 1. The number of benzene rings is 1. The Kier molecular flexibility index (Phi) is 3.78. The first kappa shape index (κ1) is 12.8. The zero-order valence-corrected chi connectivity index (χ0v) is 10.9. The Morgan fingerprint density at radius 2 is 2.33 bits per heavy atom. The number of likely N-dealkylation sites (N-methyl/N-ethyl adjacent to an activating group) is 1. The van der Waals surface area contributed by atoms with Gasteiger partial charge in [-0.1, -0.05) is 11.3 Å². The minimum Gasteiger partial charge on any atom is -0.395 e. The smallest absolute Gasteiger partial charge is 0.253 e. The molecule has 1 aromatic carbocycles. The second kappa shape index (κ2) is 5.32. The molecule has 0 fully saturated rings. The van der Waals surface area contributed by atoms with Crippen molar-refractivity contribution in [2.24, 2.45) is 0 Å². The van der Waals surface area contributed by atoms with Crippen LogP contribution in [0.25, 0.3) is 10.2 Å². The van der Waals surface area contributed by atoms with Gasteiger partial charge in [0.15, 0.2) is 5.13 Å². The molecular weight excluding hydrogens is 250 g/mol. The Bertz CT molecular complexity index is 567. The van der Waals surface area contributed by atoms with Gasteiger partial charge < -0.3 is 15.7 Å². The number of thiazole rings is 1. The van der Waals surface area contributed by atoms with Crippen LogP contribution in [0.3, 0.4) is 0 Å². The van der Waals surface area contributed by atoms with Crippen molar-refractivity contribution in [3.63, 3.8) is 0 Å². The summed E-state index contributed by atoms with van der Waals surface area (Å²) in [5.41, 5.74) is 7.03. The van der Waals surface area contributed by atoms with Gasteiger partial charge in [0, 0.05) is 18.7 Å². The first-order valence-corrected chi connectivity index (χ1v) is 6.53. The molecule has 0 aliphatic rings. The Morgan fingerprint density at radius 1 is 1.56 bits per heavy atom. The highest BCUT2D eigenvalue weighted by atomic mass is 32.1. The molecule has 2 rings (SSSR count). The van der Waals surface area contributed by atoms with E-state index in [0.29, 0.717) is 23.8 Å².